The number of carbonyl (C=O) groups excluding carboxylic acids is 1. The van der Waals surface area contributed by atoms with E-state index in [2.05, 4.69) is 4.98 Å². The highest BCUT2D eigenvalue weighted by molar-refractivity contribution is 5.96. The quantitative estimate of drug-likeness (QED) is 0.458. The van der Waals surface area contributed by atoms with Crippen molar-refractivity contribution in [1.29, 1.82) is 0 Å². The first-order valence-electron chi connectivity index (χ1n) is 10.7. The third-order valence-electron chi connectivity index (χ3n) is 5.48. The van der Waals surface area contributed by atoms with Gasteiger partial charge in [-0.2, -0.15) is 0 Å². The number of rotatable bonds is 7. The molecule has 2 aromatic heterocycles. The van der Waals surface area contributed by atoms with Crippen LogP contribution in [-0.4, -0.2) is 26.6 Å². The lowest BCUT2D eigenvalue weighted by atomic mass is 10.1. The van der Waals surface area contributed by atoms with Crippen LogP contribution in [0.3, 0.4) is 0 Å². The van der Waals surface area contributed by atoms with Crippen molar-refractivity contribution in [2.45, 2.75) is 19.9 Å². The molecule has 168 valence electrons. The summed E-state index contributed by atoms with van der Waals surface area (Å²) >= 11 is 0. The van der Waals surface area contributed by atoms with Crippen LogP contribution >= 0.6 is 0 Å². The molecule has 0 fully saturated rings. The molecule has 1 amide bonds. The van der Waals surface area contributed by atoms with E-state index in [0.29, 0.717) is 0 Å². The number of amides is 1. The fraction of sp³-hybridized carbons (Fsp3) is 0.160. The molecule has 8 heteroatoms. The Labute approximate surface area is 190 Å². The maximum Gasteiger partial charge on any atom is 0.330 e. The largest absolute Gasteiger partial charge is 0.383 e. The predicted octanol–water partition coefficient (Wildman–Crippen LogP) is 2.55. The van der Waals surface area contributed by atoms with Gasteiger partial charge in [-0.15, -0.1) is 0 Å². The van der Waals surface area contributed by atoms with Crippen LogP contribution in [0.2, 0.25) is 0 Å². The molecule has 0 spiro atoms. The maximum absolute atomic E-state index is 13.1. The van der Waals surface area contributed by atoms with Crippen LogP contribution in [0, 0.1) is 0 Å². The zero-order valence-corrected chi connectivity index (χ0v) is 18.3. The highest BCUT2D eigenvalue weighted by atomic mass is 16.2. The van der Waals surface area contributed by atoms with Crippen LogP contribution in [0.1, 0.15) is 18.1 Å². The number of nitrogens with zero attached hydrogens (tertiary/aromatic N) is 3. The first-order chi connectivity index (χ1) is 16.0. The van der Waals surface area contributed by atoms with Gasteiger partial charge in [0.1, 0.15) is 5.82 Å². The number of hydrogen-bond acceptors (Lipinski definition) is 4. The van der Waals surface area contributed by atoms with E-state index in [1.807, 2.05) is 83.7 Å². The molecular formula is C25H25N5O3. The third kappa shape index (κ3) is 4.64. The van der Waals surface area contributed by atoms with Crippen molar-refractivity contribution >= 4 is 17.4 Å². The van der Waals surface area contributed by atoms with E-state index in [1.54, 1.807) is 6.92 Å². The average Bonchev–Trinajstić information content (AvgIpc) is 3.35. The second-order valence-electron chi connectivity index (χ2n) is 7.64. The number of carbonyl (C=O) groups is 1. The molecule has 4 rings (SSSR count). The molecule has 0 unspecified atom stereocenters. The zero-order chi connectivity index (χ0) is 23.4. The van der Waals surface area contributed by atoms with Gasteiger partial charge in [0.2, 0.25) is 5.91 Å². The molecule has 0 saturated carbocycles. The molecule has 0 aliphatic carbocycles. The summed E-state index contributed by atoms with van der Waals surface area (Å²) in [5.74, 6) is -0.320. The Morgan fingerprint density at radius 3 is 2.24 bits per heavy atom. The highest BCUT2D eigenvalue weighted by Gasteiger charge is 2.23. The molecule has 3 N–H and O–H groups in total. The minimum atomic E-state index is -0.681. The number of aromatic nitrogens is 3. The monoisotopic (exact) mass is 443 g/mol. The van der Waals surface area contributed by atoms with Gasteiger partial charge >= 0.3 is 5.69 Å². The number of nitrogen functional groups attached to an aromatic ring is 1. The molecule has 2 heterocycles. The van der Waals surface area contributed by atoms with Crippen molar-refractivity contribution < 1.29 is 4.79 Å². The molecule has 8 nitrogen and oxygen atoms in total. The Morgan fingerprint density at radius 1 is 0.939 bits per heavy atom. The summed E-state index contributed by atoms with van der Waals surface area (Å²) in [5.41, 5.74) is 7.59. The van der Waals surface area contributed by atoms with Crippen LogP contribution in [0.15, 0.2) is 88.7 Å². The van der Waals surface area contributed by atoms with Crippen molar-refractivity contribution in [2.24, 2.45) is 0 Å². The van der Waals surface area contributed by atoms with E-state index in [-0.39, 0.29) is 36.9 Å². The first-order valence-corrected chi connectivity index (χ1v) is 10.7. The van der Waals surface area contributed by atoms with E-state index < -0.39 is 11.2 Å². The van der Waals surface area contributed by atoms with Crippen LogP contribution in [-0.2, 0) is 17.8 Å². The van der Waals surface area contributed by atoms with Gasteiger partial charge in [-0.1, -0.05) is 42.5 Å². The lowest BCUT2D eigenvalue weighted by Crippen LogP contribution is -2.41. The number of nitrogens with one attached hydrogen (secondary N) is 1. The Kier molecular flexibility index (Phi) is 6.26. The summed E-state index contributed by atoms with van der Waals surface area (Å²) in [6.07, 6.45) is 3.98. The summed E-state index contributed by atoms with van der Waals surface area (Å²) in [4.78, 5) is 41.9. The smallest absolute Gasteiger partial charge is 0.330 e. The third-order valence-corrected chi connectivity index (χ3v) is 5.48. The standard InChI is InChI=1S/C25H25N5O3/c1-2-29(21(31)16-18-10-12-20(13-11-18)28-14-6-7-15-28)22-23(26)30(25(33)27-24(22)32)17-19-8-4-3-5-9-19/h3-15H,2,16-17,26H2,1H3,(H,27,32,33). The first kappa shape index (κ1) is 21.9. The number of anilines is 2. The second kappa shape index (κ2) is 9.44. The lowest BCUT2D eigenvalue weighted by molar-refractivity contribution is -0.117. The molecule has 2 aromatic carbocycles. The molecule has 0 bridgehead atoms. The predicted molar refractivity (Wildman–Crippen MR) is 129 cm³/mol. The van der Waals surface area contributed by atoms with Gasteiger partial charge < -0.3 is 15.2 Å². The summed E-state index contributed by atoms with van der Waals surface area (Å²) in [6.45, 7) is 2.18. The molecule has 0 aliphatic rings. The van der Waals surface area contributed by atoms with Crippen molar-refractivity contribution in [3.63, 3.8) is 0 Å². The van der Waals surface area contributed by atoms with E-state index in [9.17, 15) is 14.4 Å². The van der Waals surface area contributed by atoms with Crippen molar-refractivity contribution in [3.8, 4) is 5.69 Å². The van der Waals surface area contributed by atoms with Crippen LogP contribution in [0.25, 0.3) is 5.69 Å². The number of nitrogens with two attached hydrogens (primary N) is 1. The molecule has 0 saturated heterocycles. The molecule has 4 aromatic rings. The number of likely N-dealkylation sites (N-methyl/N-ethyl adjacent to an activating group) is 1. The van der Waals surface area contributed by atoms with Gasteiger partial charge in [0.15, 0.2) is 5.69 Å². The number of aromatic amines is 1. The van der Waals surface area contributed by atoms with Gasteiger partial charge in [0, 0.05) is 24.6 Å². The Bertz CT molecular complexity index is 1350. The lowest BCUT2D eigenvalue weighted by Gasteiger charge is -2.23. The SMILES string of the molecule is CCN(C(=O)Cc1ccc(-n2cccc2)cc1)c1c(N)n(Cc2ccccc2)c(=O)[nH]c1=O. The number of hydrogen-bond donors (Lipinski definition) is 2. The minimum absolute atomic E-state index is 0.0120. The minimum Gasteiger partial charge on any atom is -0.383 e. The molecule has 0 radical (unpaired) electrons. The second-order valence-corrected chi connectivity index (χ2v) is 7.64. The van der Waals surface area contributed by atoms with E-state index in [0.717, 1.165) is 16.8 Å². The summed E-state index contributed by atoms with van der Waals surface area (Å²) in [7, 11) is 0. The molecule has 33 heavy (non-hydrogen) atoms. The van der Waals surface area contributed by atoms with E-state index in [4.69, 9.17) is 5.73 Å². The van der Waals surface area contributed by atoms with Gasteiger partial charge in [0.25, 0.3) is 5.56 Å². The normalized spacial score (nSPS) is 10.8. The fourth-order valence-corrected chi connectivity index (χ4v) is 3.78. The summed E-state index contributed by atoms with van der Waals surface area (Å²) in [5, 5.41) is 0. The molecule has 0 atom stereocenters. The van der Waals surface area contributed by atoms with Gasteiger partial charge in [-0.05, 0) is 42.3 Å². The maximum atomic E-state index is 13.1. The fourth-order valence-electron chi connectivity index (χ4n) is 3.78. The van der Waals surface area contributed by atoms with Crippen molar-refractivity contribution in [2.75, 3.05) is 17.2 Å². The van der Waals surface area contributed by atoms with Crippen LogP contribution < -0.4 is 21.9 Å². The van der Waals surface area contributed by atoms with Gasteiger partial charge in [-0.25, -0.2) is 4.79 Å². The Hall–Kier alpha value is -4.33. The van der Waals surface area contributed by atoms with E-state index in [1.165, 1.54) is 9.47 Å². The van der Waals surface area contributed by atoms with Crippen molar-refractivity contribution in [3.05, 3.63) is 111 Å². The van der Waals surface area contributed by atoms with Crippen molar-refractivity contribution in [1.82, 2.24) is 14.1 Å². The molecular weight excluding hydrogens is 418 g/mol. The van der Waals surface area contributed by atoms with Gasteiger partial charge in [0.05, 0.1) is 13.0 Å². The van der Waals surface area contributed by atoms with Crippen LogP contribution in [0.4, 0.5) is 11.5 Å². The van der Waals surface area contributed by atoms with E-state index >= 15 is 0 Å². The highest BCUT2D eigenvalue weighted by Crippen LogP contribution is 2.19. The number of benzene rings is 2. The van der Waals surface area contributed by atoms with Crippen LogP contribution in [0.5, 0.6) is 0 Å². The zero-order valence-electron chi connectivity index (χ0n) is 18.3. The van der Waals surface area contributed by atoms with Gasteiger partial charge in [-0.3, -0.25) is 19.1 Å². The molecule has 0 aliphatic heterocycles. The summed E-state index contributed by atoms with van der Waals surface area (Å²) in [6, 6.07) is 20.8. The average molecular weight is 444 g/mol. The Balaban J connectivity index is 1.61. The topological polar surface area (TPSA) is 106 Å². The Morgan fingerprint density at radius 2 is 1.61 bits per heavy atom. The number of H-pyrrole nitrogens is 1. The summed E-state index contributed by atoms with van der Waals surface area (Å²) < 4.78 is 3.24.